The summed E-state index contributed by atoms with van der Waals surface area (Å²) in [6.45, 7) is 3.38. The molecule has 1 aliphatic heterocycles. The van der Waals surface area contributed by atoms with Gasteiger partial charge >= 0.3 is 0 Å². The Balaban J connectivity index is 1.50. The van der Waals surface area contributed by atoms with E-state index in [0.29, 0.717) is 29.4 Å². The lowest BCUT2D eigenvalue weighted by Gasteiger charge is -2.24. The van der Waals surface area contributed by atoms with E-state index in [0.717, 1.165) is 25.1 Å². The number of anilines is 4. The molecule has 2 aliphatic rings. The molecule has 0 radical (unpaired) electrons. The summed E-state index contributed by atoms with van der Waals surface area (Å²) in [4.78, 5) is 22.6. The SMILES string of the molecule is CC1CCCN1c1ccc(Nc2ncc(C(N)=O)c(NC3CC3)n2)cc1. The van der Waals surface area contributed by atoms with Crippen molar-refractivity contribution in [2.24, 2.45) is 5.73 Å². The Morgan fingerprint density at radius 3 is 2.62 bits per heavy atom. The molecule has 136 valence electrons. The molecule has 0 bridgehead atoms. The molecule has 0 spiro atoms. The Morgan fingerprint density at radius 1 is 1.23 bits per heavy atom. The van der Waals surface area contributed by atoms with E-state index in [-0.39, 0.29) is 0 Å². The molecule has 1 saturated carbocycles. The fraction of sp³-hybridized carbons (Fsp3) is 0.421. The van der Waals surface area contributed by atoms with Crippen LogP contribution in [-0.4, -0.2) is 34.5 Å². The number of benzene rings is 1. The van der Waals surface area contributed by atoms with Gasteiger partial charge in [0, 0.05) is 36.2 Å². The Bertz CT molecular complexity index is 802. The van der Waals surface area contributed by atoms with Gasteiger partial charge in [0.05, 0.1) is 5.56 Å². The van der Waals surface area contributed by atoms with Gasteiger partial charge in [-0.15, -0.1) is 0 Å². The smallest absolute Gasteiger partial charge is 0.254 e. The van der Waals surface area contributed by atoms with Crippen LogP contribution in [0, 0.1) is 0 Å². The van der Waals surface area contributed by atoms with Gasteiger partial charge in [-0.05, 0) is 56.9 Å². The molecule has 1 amide bonds. The normalized spacial score (nSPS) is 19.4. The zero-order valence-electron chi connectivity index (χ0n) is 14.9. The number of hydrogen-bond acceptors (Lipinski definition) is 6. The van der Waals surface area contributed by atoms with Crippen LogP contribution >= 0.6 is 0 Å². The monoisotopic (exact) mass is 352 g/mol. The fourth-order valence-corrected chi connectivity index (χ4v) is 3.34. The van der Waals surface area contributed by atoms with Crippen molar-refractivity contribution in [1.29, 1.82) is 0 Å². The second-order valence-corrected chi connectivity index (χ2v) is 7.10. The number of carbonyl (C=O) groups excluding carboxylic acids is 1. The van der Waals surface area contributed by atoms with E-state index in [4.69, 9.17) is 5.73 Å². The summed E-state index contributed by atoms with van der Waals surface area (Å²) in [5.74, 6) is 0.421. The molecule has 7 nitrogen and oxygen atoms in total. The van der Waals surface area contributed by atoms with Gasteiger partial charge in [0.2, 0.25) is 5.95 Å². The Kier molecular flexibility index (Phi) is 4.36. The molecule has 7 heteroatoms. The number of carbonyl (C=O) groups is 1. The van der Waals surface area contributed by atoms with Crippen LogP contribution in [-0.2, 0) is 0 Å². The van der Waals surface area contributed by atoms with Crippen LogP contribution in [0.25, 0.3) is 0 Å². The summed E-state index contributed by atoms with van der Waals surface area (Å²) in [6.07, 6.45) is 6.14. The predicted molar refractivity (Wildman–Crippen MR) is 103 cm³/mol. The topological polar surface area (TPSA) is 96.2 Å². The molecule has 4 rings (SSSR count). The largest absolute Gasteiger partial charge is 0.369 e. The van der Waals surface area contributed by atoms with Crippen molar-refractivity contribution in [3.05, 3.63) is 36.0 Å². The highest BCUT2D eigenvalue weighted by Crippen LogP contribution is 2.28. The first-order valence-electron chi connectivity index (χ1n) is 9.17. The third-order valence-corrected chi connectivity index (χ3v) is 4.98. The predicted octanol–water partition coefficient (Wildman–Crippen LogP) is 2.88. The van der Waals surface area contributed by atoms with E-state index in [1.54, 1.807) is 0 Å². The van der Waals surface area contributed by atoms with Gasteiger partial charge in [-0.2, -0.15) is 4.98 Å². The molecular weight excluding hydrogens is 328 g/mol. The van der Waals surface area contributed by atoms with Gasteiger partial charge in [-0.1, -0.05) is 0 Å². The van der Waals surface area contributed by atoms with Crippen molar-refractivity contribution in [2.75, 3.05) is 22.1 Å². The van der Waals surface area contributed by atoms with Crippen LogP contribution < -0.4 is 21.3 Å². The average molecular weight is 352 g/mol. The molecule has 2 aromatic rings. The Labute approximate surface area is 153 Å². The quantitative estimate of drug-likeness (QED) is 0.740. The van der Waals surface area contributed by atoms with Crippen molar-refractivity contribution in [3.63, 3.8) is 0 Å². The first-order valence-corrected chi connectivity index (χ1v) is 9.17. The third kappa shape index (κ3) is 3.56. The Hall–Kier alpha value is -2.83. The summed E-state index contributed by atoms with van der Waals surface area (Å²) >= 11 is 0. The zero-order valence-corrected chi connectivity index (χ0v) is 14.9. The van der Waals surface area contributed by atoms with E-state index in [1.807, 2.05) is 12.1 Å². The van der Waals surface area contributed by atoms with Crippen molar-refractivity contribution < 1.29 is 4.79 Å². The summed E-state index contributed by atoms with van der Waals surface area (Å²) in [7, 11) is 0. The minimum atomic E-state index is -0.524. The second kappa shape index (κ2) is 6.82. The van der Waals surface area contributed by atoms with Gasteiger partial charge < -0.3 is 21.3 Å². The minimum Gasteiger partial charge on any atom is -0.369 e. The molecule has 2 fully saturated rings. The highest BCUT2D eigenvalue weighted by Gasteiger charge is 2.24. The van der Waals surface area contributed by atoms with E-state index in [9.17, 15) is 4.79 Å². The molecule has 4 N–H and O–H groups in total. The van der Waals surface area contributed by atoms with Crippen LogP contribution in [0.3, 0.4) is 0 Å². The van der Waals surface area contributed by atoms with Crippen molar-refractivity contribution in [3.8, 4) is 0 Å². The zero-order chi connectivity index (χ0) is 18.1. The highest BCUT2D eigenvalue weighted by molar-refractivity contribution is 5.97. The van der Waals surface area contributed by atoms with Crippen molar-refractivity contribution >= 4 is 29.0 Å². The first kappa shape index (κ1) is 16.6. The lowest BCUT2D eigenvalue weighted by molar-refractivity contribution is 0.100. The maximum atomic E-state index is 11.6. The first-order chi connectivity index (χ1) is 12.6. The van der Waals surface area contributed by atoms with Gasteiger partial charge in [-0.25, -0.2) is 4.98 Å². The lowest BCUT2D eigenvalue weighted by Crippen LogP contribution is -2.25. The molecule has 26 heavy (non-hydrogen) atoms. The summed E-state index contributed by atoms with van der Waals surface area (Å²) in [5, 5.41) is 6.44. The van der Waals surface area contributed by atoms with Crippen molar-refractivity contribution in [2.45, 2.75) is 44.7 Å². The maximum Gasteiger partial charge on any atom is 0.254 e. The number of amides is 1. The van der Waals surface area contributed by atoms with Gasteiger partial charge in [0.1, 0.15) is 5.82 Å². The molecule has 1 saturated heterocycles. The standard InChI is InChI=1S/C19H24N6O/c1-12-3-2-10-25(12)15-8-6-14(7-9-15)23-19-21-11-16(17(20)26)18(24-19)22-13-4-5-13/h6-9,11-13H,2-5,10H2,1H3,(H2,20,26)(H2,21,22,23,24). The number of nitrogens with zero attached hydrogens (tertiary/aromatic N) is 3. The minimum absolute atomic E-state index is 0.320. The third-order valence-electron chi connectivity index (χ3n) is 4.98. The fourth-order valence-electron chi connectivity index (χ4n) is 3.34. The number of nitrogens with one attached hydrogen (secondary N) is 2. The summed E-state index contributed by atoms with van der Waals surface area (Å²) < 4.78 is 0. The van der Waals surface area contributed by atoms with Crippen LogP contribution in [0.15, 0.2) is 30.5 Å². The van der Waals surface area contributed by atoms with Crippen LogP contribution in [0.1, 0.15) is 43.0 Å². The lowest BCUT2D eigenvalue weighted by atomic mass is 10.2. The second-order valence-electron chi connectivity index (χ2n) is 7.10. The van der Waals surface area contributed by atoms with E-state index in [1.165, 1.54) is 24.7 Å². The molecule has 1 aliphatic carbocycles. The summed E-state index contributed by atoms with van der Waals surface area (Å²) in [6, 6.07) is 9.25. The molecule has 1 aromatic carbocycles. The maximum absolute atomic E-state index is 11.6. The van der Waals surface area contributed by atoms with E-state index < -0.39 is 5.91 Å². The van der Waals surface area contributed by atoms with Gasteiger partial charge in [0.15, 0.2) is 0 Å². The van der Waals surface area contributed by atoms with Gasteiger partial charge in [-0.3, -0.25) is 4.79 Å². The molecule has 1 aromatic heterocycles. The molecule has 1 atom stereocenters. The van der Waals surface area contributed by atoms with E-state index in [2.05, 4.69) is 44.6 Å². The molecule has 1 unspecified atom stereocenters. The van der Waals surface area contributed by atoms with Crippen LogP contribution in [0.5, 0.6) is 0 Å². The summed E-state index contributed by atoms with van der Waals surface area (Å²) in [5.41, 5.74) is 7.88. The number of rotatable bonds is 6. The van der Waals surface area contributed by atoms with Gasteiger partial charge in [0.25, 0.3) is 5.91 Å². The molecular formula is C19H24N6O. The number of aromatic nitrogens is 2. The number of primary amides is 1. The van der Waals surface area contributed by atoms with Crippen LogP contribution in [0.4, 0.5) is 23.1 Å². The molecule has 2 heterocycles. The number of nitrogens with two attached hydrogens (primary N) is 1. The van der Waals surface area contributed by atoms with E-state index >= 15 is 0 Å². The van der Waals surface area contributed by atoms with Crippen LogP contribution in [0.2, 0.25) is 0 Å². The Morgan fingerprint density at radius 2 is 2.00 bits per heavy atom. The highest BCUT2D eigenvalue weighted by atomic mass is 16.1. The van der Waals surface area contributed by atoms with Crippen molar-refractivity contribution in [1.82, 2.24) is 9.97 Å². The average Bonchev–Trinajstić information content (AvgIpc) is 3.34. The number of hydrogen-bond donors (Lipinski definition) is 3.